The molecule has 0 fully saturated rings. The van der Waals surface area contributed by atoms with E-state index in [4.69, 9.17) is 0 Å². The SMILES string of the molecule is CC(C)C(=O)N(C(=O)C(C)C)c1c(C(C)C)cccc1C(C)C. The molecule has 2 amide bonds. The minimum Gasteiger partial charge on any atom is -0.274 e. The first-order chi connectivity index (χ1) is 10.6. The van der Waals surface area contributed by atoms with Crippen molar-refractivity contribution in [1.82, 2.24) is 0 Å². The highest BCUT2D eigenvalue weighted by molar-refractivity contribution is 6.17. The summed E-state index contributed by atoms with van der Waals surface area (Å²) in [5.41, 5.74) is 2.91. The van der Waals surface area contributed by atoms with Gasteiger partial charge in [0.25, 0.3) is 0 Å². The van der Waals surface area contributed by atoms with Gasteiger partial charge in [-0.05, 0) is 23.0 Å². The highest BCUT2D eigenvalue weighted by Crippen LogP contribution is 2.36. The fourth-order valence-corrected chi connectivity index (χ4v) is 2.62. The number of rotatable bonds is 5. The van der Waals surface area contributed by atoms with E-state index in [1.807, 2.05) is 45.9 Å². The largest absolute Gasteiger partial charge is 0.274 e. The number of hydrogen-bond donors (Lipinski definition) is 0. The van der Waals surface area contributed by atoms with Gasteiger partial charge in [0, 0.05) is 11.8 Å². The zero-order valence-corrected chi connectivity index (χ0v) is 15.8. The van der Waals surface area contributed by atoms with Crippen LogP contribution in [0.4, 0.5) is 5.69 Å². The van der Waals surface area contributed by atoms with Crippen LogP contribution in [0.15, 0.2) is 18.2 Å². The molecule has 0 radical (unpaired) electrons. The summed E-state index contributed by atoms with van der Waals surface area (Å²) in [6, 6.07) is 6.08. The van der Waals surface area contributed by atoms with Crippen LogP contribution in [0.25, 0.3) is 0 Å². The van der Waals surface area contributed by atoms with E-state index >= 15 is 0 Å². The van der Waals surface area contributed by atoms with Gasteiger partial charge >= 0.3 is 0 Å². The molecule has 0 N–H and O–H groups in total. The third-order valence-corrected chi connectivity index (χ3v) is 3.99. The van der Waals surface area contributed by atoms with E-state index in [9.17, 15) is 9.59 Å². The Kier molecular flexibility index (Phi) is 6.55. The van der Waals surface area contributed by atoms with Gasteiger partial charge in [0.1, 0.15) is 0 Å². The number of nitrogens with zero attached hydrogens (tertiary/aromatic N) is 1. The number of carbonyl (C=O) groups is 2. The van der Waals surface area contributed by atoms with Gasteiger partial charge in [-0.1, -0.05) is 73.6 Å². The molecule has 0 aliphatic carbocycles. The topological polar surface area (TPSA) is 37.4 Å². The van der Waals surface area contributed by atoms with Crippen molar-refractivity contribution in [2.45, 2.75) is 67.2 Å². The Morgan fingerprint density at radius 3 is 1.35 bits per heavy atom. The molecule has 0 saturated carbocycles. The fraction of sp³-hybridized carbons (Fsp3) is 0.600. The molecule has 3 nitrogen and oxygen atoms in total. The molecule has 0 bridgehead atoms. The monoisotopic (exact) mass is 317 g/mol. The smallest absolute Gasteiger partial charge is 0.236 e. The number of carbonyl (C=O) groups excluding carboxylic acids is 2. The number of benzene rings is 1. The Labute approximate surface area is 141 Å². The minimum atomic E-state index is -0.224. The number of para-hydroxylation sites is 1. The average molecular weight is 317 g/mol. The highest BCUT2D eigenvalue weighted by Gasteiger charge is 2.31. The molecule has 0 unspecified atom stereocenters. The zero-order valence-electron chi connectivity index (χ0n) is 15.8. The van der Waals surface area contributed by atoms with Crippen molar-refractivity contribution >= 4 is 17.5 Å². The molecule has 0 atom stereocenters. The highest BCUT2D eigenvalue weighted by atomic mass is 16.2. The first-order valence-electron chi connectivity index (χ1n) is 8.60. The van der Waals surface area contributed by atoms with Crippen LogP contribution < -0.4 is 4.90 Å². The standard InChI is InChI=1S/C20H31NO2/c1-12(2)16-10-9-11-17(13(3)4)18(16)21(19(22)14(5)6)20(23)15(7)8/h9-15H,1-8H3. The summed E-state index contributed by atoms with van der Waals surface area (Å²) in [6.07, 6.45) is 0. The lowest BCUT2D eigenvalue weighted by atomic mass is 9.91. The van der Waals surface area contributed by atoms with Crippen molar-refractivity contribution in [2.75, 3.05) is 4.90 Å². The summed E-state index contributed by atoms with van der Waals surface area (Å²) >= 11 is 0. The number of imide groups is 1. The summed E-state index contributed by atoms with van der Waals surface area (Å²) in [6.45, 7) is 15.8. The Hall–Kier alpha value is -1.64. The van der Waals surface area contributed by atoms with Crippen molar-refractivity contribution in [3.05, 3.63) is 29.3 Å². The maximum Gasteiger partial charge on any atom is 0.236 e. The number of hydrogen-bond acceptors (Lipinski definition) is 2. The first kappa shape index (κ1) is 19.4. The number of amides is 2. The van der Waals surface area contributed by atoms with E-state index < -0.39 is 0 Å². The first-order valence-corrected chi connectivity index (χ1v) is 8.60. The molecule has 3 heteroatoms. The molecule has 0 spiro atoms. The third-order valence-electron chi connectivity index (χ3n) is 3.99. The van der Waals surface area contributed by atoms with Gasteiger partial charge < -0.3 is 0 Å². The van der Waals surface area contributed by atoms with Crippen molar-refractivity contribution in [3.63, 3.8) is 0 Å². The summed E-state index contributed by atoms with van der Waals surface area (Å²) in [5.74, 6) is -0.217. The van der Waals surface area contributed by atoms with E-state index in [0.29, 0.717) is 0 Å². The predicted molar refractivity (Wildman–Crippen MR) is 96.8 cm³/mol. The summed E-state index contributed by atoms with van der Waals surface area (Å²) in [4.78, 5) is 27.1. The van der Waals surface area contributed by atoms with Crippen LogP contribution in [0.5, 0.6) is 0 Å². The predicted octanol–water partition coefficient (Wildman–Crippen LogP) is 5.11. The van der Waals surface area contributed by atoms with Crippen molar-refractivity contribution < 1.29 is 9.59 Å². The number of anilines is 1. The summed E-state index contributed by atoms with van der Waals surface area (Å²) in [7, 11) is 0. The maximum atomic E-state index is 12.8. The van der Waals surface area contributed by atoms with Gasteiger partial charge in [-0.15, -0.1) is 0 Å². The van der Waals surface area contributed by atoms with E-state index in [-0.39, 0.29) is 35.5 Å². The van der Waals surface area contributed by atoms with Crippen molar-refractivity contribution in [2.24, 2.45) is 11.8 Å². The minimum absolute atomic E-state index is 0.126. The second-order valence-corrected chi connectivity index (χ2v) is 7.42. The van der Waals surface area contributed by atoms with Gasteiger partial charge in [0.05, 0.1) is 5.69 Å². The van der Waals surface area contributed by atoms with Crippen LogP contribution >= 0.6 is 0 Å². The van der Waals surface area contributed by atoms with Crippen molar-refractivity contribution in [3.8, 4) is 0 Å². The van der Waals surface area contributed by atoms with Crippen LogP contribution in [-0.2, 0) is 9.59 Å². The van der Waals surface area contributed by atoms with Crippen molar-refractivity contribution in [1.29, 1.82) is 0 Å². The van der Waals surface area contributed by atoms with Gasteiger partial charge in [-0.2, -0.15) is 0 Å². The normalized spacial score (nSPS) is 11.7. The molecule has 0 aromatic heterocycles. The van der Waals surface area contributed by atoms with E-state index in [2.05, 4.69) is 27.7 Å². The van der Waals surface area contributed by atoms with E-state index in [1.165, 1.54) is 4.90 Å². The molecule has 0 saturated heterocycles. The van der Waals surface area contributed by atoms with Crippen LogP contribution in [0.2, 0.25) is 0 Å². The molecule has 0 heterocycles. The van der Waals surface area contributed by atoms with E-state index in [0.717, 1.165) is 16.8 Å². The Bertz CT molecular complexity index is 525. The fourth-order valence-electron chi connectivity index (χ4n) is 2.62. The maximum absolute atomic E-state index is 12.8. The summed E-state index contributed by atoms with van der Waals surface area (Å²) in [5, 5.41) is 0. The molecule has 0 aliphatic heterocycles. The van der Waals surface area contributed by atoms with Gasteiger partial charge in [-0.25, -0.2) is 4.90 Å². The lowest BCUT2D eigenvalue weighted by molar-refractivity contribution is -0.129. The van der Waals surface area contributed by atoms with Crippen LogP contribution in [0, 0.1) is 11.8 Å². The quantitative estimate of drug-likeness (QED) is 0.757. The van der Waals surface area contributed by atoms with Gasteiger partial charge in [0.2, 0.25) is 11.8 Å². The van der Waals surface area contributed by atoms with Crippen LogP contribution in [-0.4, -0.2) is 11.8 Å². The molecule has 0 aliphatic rings. The molecular formula is C20H31NO2. The Morgan fingerprint density at radius 1 is 0.739 bits per heavy atom. The lowest BCUT2D eigenvalue weighted by Gasteiger charge is -2.31. The average Bonchev–Trinajstić information content (AvgIpc) is 2.46. The second kappa shape index (κ2) is 7.76. The zero-order chi connectivity index (χ0) is 17.9. The molecule has 1 aromatic rings. The molecular weight excluding hydrogens is 286 g/mol. The lowest BCUT2D eigenvalue weighted by Crippen LogP contribution is -2.43. The molecule has 1 rings (SSSR count). The Balaban J connectivity index is 3.69. The van der Waals surface area contributed by atoms with E-state index in [1.54, 1.807) is 0 Å². The van der Waals surface area contributed by atoms with Crippen LogP contribution in [0.3, 0.4) is 0 Å². The van der Waals surface area contributed by atoms with Crippen LogP contribution in [0.1, 0.15) is 78.4 Å². The molecule has 1 aromatic carbocycles. The summed E-state index contributed by atoms with van der Waals surface area (Å²) < 4.78 is 0. The molecule has 128 valence electrons. The third kappa shape index (κ3) is 4.21. The second-order valence-electron chi connectivity index (χ2n) is 7.42. The molecule has 23 heavy (non-hydrogen) atoms. The van der Waals surface area contributed by atoms with Gasteiger partial charge in [-0.3, -0.25) is 9.59 Å². The van der Waals surface area contributed by atoms with Gasteiger partial charge in [0.15, 0.2) is 0 Å². The Morgan fingerprint density at radius 2 is 1.09 bits per heavy atom.